The van der Waals surface area contributed by atoms with E-state index in [1.807, 2.05) is 11.5 Å². The van der Waals surface area contributed by atoms with Crippen molar-refractivity contribution in [1.29, 1.82) is 0 Å². The van der Waals surface area contributed by atoms with Crippen LogP contribution < -0.4 is 10.5 Å². The van der Waals surface area contributed by atoms with Gasteiger partial charge in [0.15, 0.2) is 0 Å². The molecule has 6 heteroatoms. The van der Waals surface area contributed by atoms with Crippen LogP contribution >= 0.6 is 0 Å². The van der Waals surface area contributed by atoms with E-state index in [0.717, 1.165) is 81.9 Å². The third kappa shape index (κ3) is 2.81. The first kappa shape index (κ1) is 18.2. The van der Waals surface area contributed by atoms with Gasteiger partial charge in [0.25, 0.3) is 5.56 Å². The molecule has 0 aliphatic carbocycles. The van der Waals surface area contributed by atoms with Crippen molar-refractivity contribution < 1.29 is 0 Å². The van der Waals surface area contributed by atoms with E-state index in [0.29, 0.717) is 6.04 Å². The summed E-state index contributed by atoms with van der Waals surface area (Å²) in [5.74, 6) is 0.986. The first-order valence-electron chi connectivity index (χ1n) is 11.4. The Kier molecular flexibility index (Phi) is 4.23. The van der Waals surface area contributed by atoms with Crippen LogP contribution in [-0.4, -0.2) is 51.7 Å². The van der Waals surface area contributed by atoms with Crippen LogP contribution in [0.1, 0.15) is 35.5 Å². The third-order valence-electron chi connectivity index (χ3n) is 7.36. The Morgan fingerprint density at radius 1 is 1.20 bits per heavy atom. The Balaban J connectivity index is 1.19. The second-order valence-electron chi connectivity index (χ2n) is 9.12. The van der Waals surface area contributed by atoms with Crippen LogP contribution in [0, 0.1) is 6.92 Å². The molecule has 3 aliphatic heterocycles. The van der Waals surface area contributed by atoms with Crippen molar-refractivity contribution in [3.05, 3.63) is 57.4 Å². The van der Waals surface area contributed by atoms with E-state index in [9.17, 15) is 4.79 Å². The van der Waals surface area contributed by atoms with Gasteiger partial charge in [-0.1, -0.05) is 6.07 Å². The number of hydrogen-bond donors (Lipinski definition) is 1. The van der Waals surface area contributed by atoms with E-state index in [2.05, 4.69) is 39.2 Å². The van der Waals surface area contributed by atoms with Crippen molar-refractivity contribution >= 4 is 16.6 Å². The Morgan fingerprint density at radius 3 is 3.07 bits per heavy atom. The van der Waals surface area contributed by atoms with Crippen LogP contribution in [0.5, 0.6) is 0 Å². The summed E-state index contributed by atoms with van der Waals surface area (Å²) in [4.78, 5) is 26.4. The predicted octanol–water partition coefficient (Wildman–Crippen LogP) is 2.66. The minimum Gasteiger partial charge on any atom is -0.365 e. The van der Waals surface area contributed by atoms with Gasteiger partial charge in [0.2, 0.25) is 0 Å². The number of aromatic amines is 1. The van der Waals surface area contributed by atoms with E-state index in [-0.39, 0.29) is 5.56 Å². The number of nitrogens with zero attached hydrogens (tertiary/aromatic N) is 4. The second kappa shape index (κ2) is 6.98. The molecule has 0 saturated carbocycles. The highest BCUT2D eigenvalue weighted by Crippen LogP contribution is 2.37. The van der Waals surface area contributed by atoms with Crippen molar-refractivity contribution in [2.75, 3.05) is 31.1 Å². The van der Waals surface area contributed by atoms with Crippen molar-refractivity contribution in [2.45, 2.75) is 51.6 Å². The SMILES string of the molecule is Cc1nc2n(c(=O)c1CCN1CCN3c4cccc5[nH]cc(c45)CC3C1)CCCC2. The van der Waals surface area contributed by atoms with Crippen LogP contribution in [0.2, 0.25) is 0 Å². The van der Waals surface area contributed by atoms with Crippen molar-refractivity contribution in [3.63, 3.8) is 0 Å². The molecule has 6 nitrogen and oxygen atoms in total. The molecule has 1 fully saturated rings. The van der Waals surface area contributed by atoms with Crippen LogP contribution in [0.15, 0.2) is 29.2 Å². The van der Waals surface area contributed by atoms with Gasteiger partial charge in [-0.25, -0.2) is 4.98 Å². The minimum atomic E-state index is 0.206. The summed E-state index contributed by atoms with van der Waals surface area (Å²) in [6.45, 7) is 6.94. The average molecular weight is 404 g/mol. The summed E-state index contributed by atoms with van der Waals surface area (Å²) >= 11 is 0. The molecule has 2 aromatic heterocycles. The highest BCUT2D eigenvalue weighted by atomic mass is 16.1. The van der Waals surface area contributed by atoms with Gasteiger partial charge in [0.1, 0.15) is 5.82 Å². The molecule has 3 aliphatic rings. The molecule has 0 bridgehead atoms. The molecular weight excluding hydrogens is 374 g/mol. The molecule has 1 saturated heterocycles. The molecule has 0 amide bonds. The number of benzene rings is 1. The van der Waals surface area contributed by atoms with E-state index in [1.165, 1.54) is 22.2 Å². The number of nitrogens with one attached hydrogen (secondary N) is 1. The first-order valence-corrected chi connectivity index (χ1v) is 11.4. The molecule has 6 rings (SSSR count). The Morgan fingerprint density at radius 2 is 2.13 bits per heavy atom. The highest BCUT2D eigenvalue weighted by molar-refractivity contribution is 5.96. The van der Waals surface area contributed by atoms with E-state index in [1.54, 1.807) is 0 Å². The number of hydrogen-bond acceptors (Lipinski definition) is 4. The van der Waals surface area contributed by atoms with Crippen LogP contribution in [-0.2, 0) is 25.8 Å². The molecule has 0 spiro atoms. The maximum atomic E-state index is 13.0. The number of piperazine rings is 1. The van der Waals surface area contributed by atoms with Gasteiger partial charge in [-0.2, -0.15) is 0 Å². The average Bonchev–Trinajstić information content (AvgIpc) is 3.18. The Labute approximate surface area is 176 Å². The summed E-state index contributed by atoms with van der Waals surface area (Å²) in [7, 11) is 0. The van der Waals surface area contributed by atoms with Gasteiger partial charge in [-0.15, -0.1) is 0 Å². The van der Waals surface area contributed by atoms with Crippen LogP contribution in [0.3, 0.4) is 0 Å². The molecule has 0 radical (unpaired) electrons. The van der Waals surface area contributed by atoms with Crippen LogP contribution in [0.4, 0.5) is 5.69 Å². The molecule has 30 heavy (non-hydrogen) atoms. The highest BCUT2D eigenvalue weighted by Gasteiger charge is 2.33. The number of aromatic nitrogens is 3. The monoisotopic (exact) mass is 403 g/mol. The fraction of sp³-hybridized carbons (Fsp3) is 0.500. The maximum Gasteiger partial charge on any atom is 0.256 e. The van der Waals surface area contributed by atoms with E-state index >= 15 is 0 Å². The lowest BCUT2D eigenvalue weighted by molar-refractivity contribution is 0.222. The molecule has 1 unspecified atom stereocenters. The van der Waals surface area contributed by atoms with Gasteiger partial charge in [-0.3, -0.25) is 14.3 Å². The molecular formula is C24H29N5O. The summed E-state index contributed by atoms with van der Waals surface area (Å²) in [6, 6.07) is 7.11. The van der Waals surface area contributed by atoms with Crippen molar-refractivity contribution in [1.82, 2.24) is 19.4 Å². The zero-order valence-corrected chi connectivity index (χ0v) is 17.7. The van der Waals surface area contributed by atoms with Gasteiger partial charge in [-0.05, 0) is 50.3 Å². The Hall–Kier alpha value is -2.60. The standard InChI is InChI=1S/C24H29N5O/c1-16-19(24(30)29-9-3-2-7-22(29)26-16)8-10-27-11-12-28-18(15-27)13-17-14-25-20-5-4-6-21(28)23(17)20/h4-6,14,18,25H,2-3,7-13,15H2,1H3. The van der Waals surface area contributed by atoms with E-state index in [4.69, 9.17) is 4.98 Å². The number of H-pyrrole nitrogens is 1. The van der Waals surface area contributed by atoms with Gasteiger partial charge < -0.3 is 9.88 Å². The lowest BCUT2D eigenvalue weighted by atomic mass is 9.94. The molecule has 1 atom stereocenters. The summed E-state index contributed by atoms with van der Waals surface area (Å²) in [6.07, 6.45) is 7.26. The summed E-state index contributed by atoms with van der Waals surface area (Å²) in [5, 5.41) is 1.41. The fourth-order valence-electron chi connectivity index (χ4n) is 5.79. The quantitative estimate of drug-likeness (QED) is 0.731. The number of anilines is 1. The summed E-state index contributed by atoms with van der Waals surface area (Å²) < 4.78 is 1.93. The molecule has 1 aromatic carbocycles. The predicted molar refractivity (Wildman–Crippen MR) is 119 cm³/mol. The van der Waals surface area contributed by atoms with Crippen molar-refractivity contribution in [3.8, 4) is 0 Å². The van der Waals surface area contributed by atoms with Crippen LogP contribution in [0.25, 0.3) is 10.9 Å². The smallest absolute Gasteiger partial charge is 0.256 e. The maximum absolute atomic E-state index is 13.0. The zero-order valence-electron chi connectivity index (χ0n) is 17.7. The molecule has 156 valence electrons. The Bertz CT molecular complexity index is 1180. The fourth-order valence-corrected chi connectivity index (χ4v) is 5.79. The number of rotatable bonds is 3. The van der Waals surface area contributed by atoms with Crippen molar-refractivity contribution in [2.24, 2.45) is 0 Å². The molecule has 5 heterocycles. The van der Waals surface area contributed by atoms with E-state index < -0.39 is 0 Å². The lowest BCUT2D eigenvalue weighted by Crippen LogP contribution is -2.55. The minimum absolute atomic E-state index is 0.206. The third-order valence-corrected chi connectivity index (χ3v) is 7.36. The van der Waals surface area contributed by atoms with Gasteiger partial charge in [0, 0.05) is 79.2 Å². The topological polar surface area (TPSA) is 57.2 Å². The summed E-state index contributed by atoms with van der Waals surface area (Å²) in [5.41, 5.74) is 6.14. The first-order chi connectivity index (χ1) is 14.7. The largest absolute Gasteiger partial charge is 0.365 e. The lowest BCUT2D eigenvalue weighted by Gasteiger charge is -2.45. The van der Waals surface area contributed by atoms with Gasteiger partial charge in [0.05, 0.1) is 0 Å². The molecule has 3 aromatic rings. The number of fused-ring (bicyclic) bond motifs is 3. The number of aryl methyl sites for hydroxylation is 2. The van der Waals surface area contributed by atoms with Gasteiger partial charge >= 0.3 is 0 Å². The second-order valence-corrected chi connectivity index (χ2v) is 9.12. The normalized spacial score (nSPS) is 21.0. The molecule has 1 N–H and O–H groups in total. The zero-order chi connectivity index (χ0) is 20.2.